The van der Waals surface area contributed by atoms with Crippen LogP contribution in [0.25, 0.3) is 0 Å². The molecule has 0 radical (unpaired) electrons. The normalized spacial score (nSPS) is 19.6. The average molecular weight is 733 g/mol. The Morgan fingerprint density at radius 3 is 1.89 bits per heavy atom. The first-order chi connectivity index (χ1) is 26.2. The van der Waals surface area contributed by atoms with Gasteiger partial charge in [-0.15, -0.1) is 0 Å². The third-order valence-corrected chi connectivity index (χ3v) is 9.79. The van der Waals surface area contributed by atoms with Gasteiger partial charge in [0.2, 0.25) is 0 Å². The maximum Gasteiger partial charge on any atom is 0.351 e. The van der Waals surface area contributed by atoms with Crippen LogP contribution in [0.1, 0.15) is 50.1 Å². The Morgan fingerprint density at radius 1 is 0.778 bits per heavy atom. The summed E-state index contributed by atoms with van der Waals surface area (Å²) in [6.07, 6.45) is -2.75. The molecule has 0 aliphatic carbocycles. The van der Waals surface area contributed by atoms with Gasteiger partial charge in [0.15, 0.2) is 6.23 Å². The van der Waals surface area contributed by atoms with Crippen molar-refractivity contribution < 1.29 is 38.4 Å². The van der Waals surface area contributed by atoms with Crippen molar-refractivity contribution in [2.45, 2.75) is 36.6 Å². The molecular weight excluding hydrogens is 692 g/mol. The van der Waals surface area contributed by atoms with Crippen LogP contribution in [0.2, 0.25) is 0 Å². The Balaban J connectivity index is 1.19. The molecule has 1 fully saturated rings. The van der Waals surface area contributed by atoms with Crippen molar-refractivity contribution in [3.8, 4) is 11.5 Å². The molecule has 1 aromatic heterocycles. The SMILES string of the molecule is COc1ccc(C(OC[C@H]2O[C@@H](n3ccc(N)nc3=O)C(O)[C@H]2OCCCN2C(=O)c3ccccc3C2=O)(c2ccccc2)c2ccc(OC)cc2)cc1. The summed E-state index contributed by atoms with van der Waals surface area (Å²) in [7, 11) is 3.20. The number of hydrogen-bond acceptors (Lipinski definition) is 11. The molecule has 0 bridgehead atoms. The first-order valence-corrected chi connectivity index (χ1v) is 17.5. The van der Waals surface area contributed by atoms with Crippen molar-refractivity contribution in [2.24, 2.45) is 0 Å². The molecule has 278 valence electrons. The van der Waals surface area contributed by atoms with Crippen molar-refractivity contribution >= 4 is 17.6 Å². The molecule has 1 unspecified atom stereocenters. The second-order valence-corrected chi connectivity index (χ2v) is 12.9. The Bertz CT molecular complexity index is 2080. The van der Waals surface area contributed by atoms with E-state index in [1.807, 2.05) is 78.9 Å². The molecule has 13 nitrogen and oxygen atoms in total. The lowest BCUT2D eigenvalue weighted by Crippen LogP contribution is -2.41. The number of aliphatic hydroxyl groups is 1. The van der Waals surface area contributed by atoms with E-state index in [0.29, 0.717) is 22.6 Å². The standard InChI is InChI=1S/C41H40N4O9/c1-50-29-17-13-27(14-18-29)41(26-9-4-3-5-10-26,28-15-19-30(51-2)20-16-28)53-25-33-36(35(46)39(54-33)45-23-21-34(42)43-40(45)49)52-24-8-22-44-37(47)31-11-6-7-12-32(31)38(44)48/h3-7,9-21,23,33,35-36,39,46H,8,22,24-25H2,1-2H3,(H2,42,43,49)/t33-,35?,36+,39-/m1/s1. The van der Waals surface area contributed by atoms with E-state index in [1.165, 1.54) is 17.2 Å². The molecule has 4 aromatic carbocycles. The number of benzene rings is 4. The number of rotatable bonds is 14. The molecule has 1 saturated heterocycles. The fourth-order valence-corrected chi connectivity index (χ4v) is 7.07. The summed E-state index contributed by atoms with van der Waals surface area (Å²) in [5.41, 5.74) is 6.94. The summed E-state index contributed by atoms with van der Waals surface area (Å²) in [5.74, 6) is 0.623. The zero-order valence-corrected chi connectivity index (χ0v) is 29.7. The van der Waals surface area contributed by atoms with Crippen LogP contribution in [0.5, 0.6) is 11.5 Å². The second-order valence-electron chi connectivity index (χ2n) is 12.9. The van der Waals surface area contributed by atoms with Gasteiger partial charge in [-0.3, -0.25) is 19.1 Å². The summed E-state index contributed by atoms with van der Waals surface area (Å²) in [6, 6.07) is 33.0. The minimum atomic E-state index is -1.34. The number of hydrogen-bond donors (Lipinski definition) is 2. The van der Waals surface area contributed by atoms with Crippen LogP contribution in [0.3, 0.4) is 0 Å². The van der Waals surface area contributed by atoms with Crippen molar-refractivity contribution in [1.82, 2.24) is 14.5 Å². The highest BCUT2D eigenvalue weighted by atomic mass is 16.6. The number of carbonyl (C=O) groups excluding carboxylic acids is 2. The number of aliphatic hydroxyl groups excluding tert-OH is 1. The van der Waals surface area contributed by atoms with E-state index >= 15 is 0 Å². The molecule has 2 amide bonds. The third-order valence-electron chi connectivity index (χ3n) is 9.79. The number of ether oxygens (including phenoxy) is 5. The van der Waals surface area contributed by atoms with Gasteiger partial charge in [0.1, 0.15) is 41.2 Å². The quantitative estimate of drug-likeness (QED) is 0.0956. The van der Waals surface area contributed by atoms with E-state index in [2.05, 4.69) is 4.98 Å². The van der Waals surface area contributed by atoms with Crippen LogP contribution in [0.15, 0.2) is 120 Å². The topological polar surface area (TPSA) is 165 Å². The highest BCUT2D eigenvalue weighted by Crippen LogP contribution is 2.43. The number of nitrogen functional groups attached to an aromatic ring is 1. The molecule has 7 rings (SSSR count). The van der Waals surface area contributed by atoms with Crippen LogP contribution in [0.4, 0.5) is 5.82 Å². The predicted molar refractivity (Wildman–Crippen MR) is 197 cm³/mol. The van der Waals surface area contributed by atoms with Gasteiger partial charge >= 0.3 is 5.69 Å². The fraction of sp³-hybridized carbons (Fsp3) is 0.268. The van der Waals surface area contributed by atoms with Gasteiger partial charge in [0.25, 0.3) is 11.8 Å². The summed E-state index contributed by atoms with van der Waals surface area (Å²) < 4.78 is 31.9. The van der Waals surface area contributed by atoms with E-state index in [1.54, 1.807) is 38.5 Å². The van der Waals surface area contributed by atoms with Crippen molar-refractivity contribution in [2.75, 3.05) is 39.7 Å². The third kappa shape index (κ3) is 6.85. The number of amides is 2. The number of nitrogens with two attached hydrogens (primary N) is 1. The molecule has 3 N–H and O–H groups in total. The lowest BCUT2D eigenvalue weighted by Gasteiger charge is -2.37. The fourth-order valence-electron chi connectivity index (χ4n) is 7.07. The summed E-state index contributed by atoms with van der Waals surface area (Å²) in [6.45, 7) is 0.0478. The Kier molecular flexibility index (Phi) is 10.6. The zero-order valence-electron chi connectivity index (χ0n) is 29.7. The van der Waals surface area contributed by atoms with Crippen LogP contribution >= 0.6 is 0 Å². The van der Waals surface area contributed by atoms with E-state index < -0.39 is 35.8 Å². The minimum Gasteiger partial charge on any atom is -0.497 e. The van der Waals surface area contributed by atoms with Crippen LogP contribution in [-0.2, 0) is 19.8 Å². The number of anilines is 1. The molecule has 0 saturated carbocycles. The lowest BCUT2D eigenvalue weighted by atomic mass is 9.80. The van der Waals surface area contributed by atoms with Crippen LogP contribution in [0, 0.1) is 0 Å². The predicted octanol–water partition coefficient (Wildman–Crippen LogP) is 4.18. The number of aromatic nitrogens is 2. The molecule has 54 heavy (non-hydrogen) atoms. The largest absolute Gasteiger partial charge is 0.497 e. The maximum absolute atomic E-state index is 12.9. The number of imide groups is 1. The van der Waals surface area contributed by atoms with Gasteiger partial charge in [0.05, 0.1) is 32.0 Å². The first-order valence-electron chi connectivity index (χ1n) is 17.5. The maximum atomic E-state index is 12.9. The molecule has 13 heteroatoms. The number of fused-ring (bicyclic) bond motifs is 1. The lowest BCUT2D eigenvalue weighted by molar-refractivity contribution is -0.104. The molecule has 2 aliphatic rings. The zero-order chi connectivity index (χ0) is 37.8. The Labute approximate surface area is 311 Å². The Hall–Kier alpha value is -5.86. The van der Waals surface area contributed by atoms with E-state index in [-0.39, 0.29) is 43.8 Å². The average Bonchev–Trinajstić information content (AvgIpc) is 3.64. The summed E-state index contributed by atoms with van der Waals surface area (Å²) in [5, 5.41) is 11.7. The molecule has 4 atom stereocenters. The highest BCUT2D eigenvalue weighted by Gasteiger charge is 2.48. The molecule has 2 aliphatic heterocycles. The van der Waals surface area contributed by atoms with Gasteiger partial charge in [-0.25, -0.2) is 4.79 Å². The van der Waals surface area contributed by atoms with E-state index in [9.17, 15) is 19.5 Å². The molecule has 5 aromatic rings. The van der Waals surface area contributed by atoms with Gasteiger partial charge in [-0.05, 0) is 65.6 Å². The first kappa shape index (κ1) is 36.5. The molecular formula is C41H40N4O9. The summed E-state index contributed by atoms with van der Waals surface area (Å²) >= 11 is 0. The second kappa shape index (κ2) is 15.6. The molecule has 0 spiro atoms. The van der Waals surface area contributed by atoms with Crippen LogP contribution < -0.4 is 20.9 Å². The van der Waals surface area contributed by atoms with E-state index in [4.69, 9.17) is 29.4 Å². The van der Waals surface area contributed by atoms with Gasteiger partial charge in [-0.1, -0.05) is 66.7 Å². The number of methoxy groups -OCH3 is 2. The smallest absolute Gasteiger partial charge is 0.351 e. The highest BCUT2D eigenvalue weighted by molar-refractivity contribution is 6.21. The Morgan fingerprint density at radius 2 is 1.33 bits per heavy atom. The van der Waals surface area contributed by atoms with Crippen molar-refractivity contribution in [1.29, 1.82) is 0 Å². The van der Waals surface area contributed by atoms with Gasteiger partial charge < -0.3 is 34.5 Å². The monoisotopic (exact) mass is 732 g/mol. The van der Waals surface area contributed by atoms with Crippen LogP contribution in [-0.4, -0.2) is 83.7 Å². The van der Waals surface area contributed by atoms with Crippen molar-refractivity contribution in [3.05, 3.63) is 154 Å². The van der Waals surface area contributed by atoms with E-state index in [0.717, 1.165) is 21.3 Å². The minimum absolute atomic E-state index is 0.0243. The van der Waals surface area contributed by atoms with Gasteiger partial charge in [0, 0.05) is 19.3 Å². The summed E-state index contributed by atoms with van der Waals surface area (Å²) in [4.78, 5) is 43.8. The number of nitrogens with zero attached hydrogens (tertiary/aromatic N) is 3. The van der Waals surface area contributed by atoms with Crippen molar-refractivity contribution in [3.63, 3.8) is 0 Å². The number of carbonyl (C=O) groups is 2. The molecule has 3 heterocycles. The van der Waals surface area contributed by atoms with Gasteiger partial charge in [-0.2, -0.15) is 4.98 Å².